The maximum Gasteiger partial charge on any atom is 0.412 e. The quantitative estimate of drug-likeness (QED) is 0.610. The highest BCUT2D eigenvalue weighted by Crippen LogP contribution is 2.45. The fourth-order valence-corrected chi connectivity index (χ4v) is 4.62. The molecule has 1 spiro atoms. The number of nitrogens with zero attached hydrogens (tertiary/aromatic N) is 2. The predicted molar refractivity (Wildman–Crippen MR) is 116 cm³/mol. The second kappa shape index (κ2) is 7.94. The Bertz CT molecular complexity index is 1200. The Morgan fingerprint density at radius 1 is 1.25 bits per heavy atom. The molecule has 9 heteroatoms. The van der Waals surface area contributed by atoms with Crippen molar-refractivity contribution in [1.29, 1.82) is 0 Å². The molecule has 0 aliphatic carbocycles. The molecule has 2 amide bonds. The number of aromatic amines is 1. The number of aromatic nitrogens is 2. The van der Waals surface area contributed by atoms with Gasteiger partial charge in [0.1, 0.15) is 0 Å². The smallest absolute Gasteiger partial charge is 0.412 e. The Kier molecular flexibility index (Phi) is 5.09. The Morgan fingerprint density at radius 2 is 2.06 bits per heavy atom. The lowest BCUT2D eigenvalue weighted by Gasteiger charge is -2.44. The third-order valence-corrected chi connectivity index (χ3v) is 6.17. The number of imidazole rings is 1. The van der Waals surface area contributed by atoms with Gasteiger partial charge in [0.2, 0.25) is 0 Å². The topological polar surface area (TPSA) is 87.3 Å². The van der Waals surface area contributed by atoms with Gasteiger partial charge in [-0.3, -0.25) is 10.1 Å². The zero-order valence-corrected chi connectivity index (χ0v) is 17.8. The van der Waals surface area contributed by atoms with Crippen molar-refractivity contribution in [1.82, 2.24) is 14.9 Å². The summed E-state index contributed by atoms with van der Waals surface area (Å²) in [5.41, 5.74) is 0.996. The van der Waals surface area contributed by atoms with E-state index >= 15 is 4.39 Å². The van der Waals surface area contributed by atoms with Gasteiger partial charge < -0.3 is 14.6 Å². The average molecular weight is 455 g/mol. The van der Waals surface area contributed by atoms with E-state index in [1.54, 1.807) is 12.3 Å². The molecule has 2 aliphatic rings. The normalized spacial score (nSPS) is 19.9. The van der Waals surface area contributed by atoms with E-state index in [1.165, 1.54) is 11.0 Å². The van der Waals surface area contributed by atoms with Crippen LogP contribution in [0.4, 0.5) is 14.9 Å². The number of benzene rings is 2. The molecule has 1 atom stereocenters. The molecule has 0 unspecified atom stereocenters. The maximum atomic E-state index is 15.0. The van der Waals surface area contributed by atoms with Crippen LogP contribution in [0.5, 0.6) is 0 Å². The molecule has 2 aromatic carbocycles. The SMILES string of the molecule is O=C1Nc2ccc(Cl)c(F)c2[C@@]2(CCCN(C(=O)c3nc(Cc4ccccc4)c[nH]3)C2)O1. The summed E-state index contributed by atoms with van der Waals surface area (Å²) < 4.78 is 20.6. The molecular formula is C23H20ClFN4O3. The van der Waals surface area contributed by atoms with Crippen molar-refractivity contribution < 1.29 is 18.7 Å². The fraction of sp³-hybridized carbons (Fsp3) is 0.261. The van der Waals surface area contributed by atoms with E-state index in [2.05, 4.69) is 15.3 Å². The molecule has 0 radical (unpaired) electrons. The summed E-state index contributed by atoms with van der Waals surface area (Å²) in [7, 11) is 0. The largest absolute Gasteiger partial charge is 0.436 e. The fourth-order valence-electron chi connectivity index (χ4n) is 4.46. The number of H-pyrrole nitrogens is 1. The zero-order valence-electron chi connectivity index (χ0n) is 17.0. The van der Waals surface area contributed by atoms with E-state index in [0.717, 1.165) is 11.3 Å². The monoisotopic (exact) mass is 454 g/mol. The average Bonchev–Trinajstić information content (AvgIpc) is 3.24. The van der Waals surface area contributed by atoms with Crippen molar-refractivity contribution in [2.24, 2.45) is 0 Å². The summed E-state index contributed by atoms with van der Waals surface area (Å²) in [6.07, 6.45) is 2.53. The number of anilines is 1. The highest BCUT2D eigenvalue weighted by atomic mass is 35.5. The third-order valence-electron chi connectivity index (χ3n) is 5.88. The van der Waals surface area contributed by atoms with Crippen molar-refractivity contribution in [2.45, 2.75) is 24.9 Å². The van der Waals surface area contributed by atoms with E-state index in [9.17, 15) is 9.59 Å². The summed E-state index contributed by atoms with van der Waals surface area (Å²) >= 11 is 6.01. The Balaban J connectivity index is 1.41. The molecule has 2 N–H and O–H groups in total. The van der Waals surface area contributed by atoms with Crippen molar-refractivity contribution in [3.8, 4) is 0 Å². The van der Waals surface area contributed by atoms with Gasteiger partial charge in [-0.15, -0.1) is 0 Å². The van der Waals surface area contributed by atoms with Crippen LogP contribution in [0.2, 0.25) is 5.02 Å². The first-order chi connectivity index (χ1) is 15.4. The van der Waals surface area contributed by atoms with Gasteiger partial charge in [0.25, 0.3) is 5.91 Å². The lowest BCUT2D eigenvalue weighted by Crippen LogP contribution is -2.53. The molecule has 1 fully saturated rings. The molecule has 5 rings (SSSR count). The number of halogens is 2. The van der Waals surface area contributed by atoms with Gasteiger partial charge in [0.15, 0.2) is 17.2 Å². The highest BCUT2D eigenvalue weighted by molar-refractivity contribution is 6.31. The predicted octanol–water partition coefficient (Wildman–Crippen LogP) is 4.49. The van der Waals surface area contributed by atoms with Gasteiger partial charge in [-0.1, -0.05) is 41.9 Å². The molecule has 164 valence electrons. The van der Waals surface area contributed by atoms with E-state index in [0.29, 0.717) is 31.5 Å². The van der Waals surface area contributed by atoms with Gasteiger partial charge in [-0.05, 0) is 30.5 Å². The van der Waals surface area contributed by atoms with Crippen LogP contribution in [-0.4, -0.2) is 40.0 Å². The second-order valence-corrected chi connectivity index (χ2v) is 8.43. The van der Waals surface area contributed by atoms with Crippen molar-refractivity contribution >= 4 is 29.3 Å². The Morgan fingerprint density at radius 3 is 2.88 bits per heavy atom. The minimum atomic E-state index is -1.31. The minimum absolute atomic E-state index is 0.0121. The number of carbonyl (C=O) groups is 2. The number of nitrogens with one attached hydrogen (secondary N) is 2. The molecule has 2 aliphatic heterocycles. The van der Waals surface area contributed by atoms with Gasteiger partial charge in [-0.25, -0.2) is 14.2 Å². The first-order valence-electron chi connectivity index (χ1n) is 10.3. The Labute approximate surface area is 188 Å². The van der Waals surface area contributed by atoms with E-state index in [1.807, 2.05) is 30.3 Å². The number of amides is 2. The Hall–Kier alpha value is -3.39. The van der Waals surface area contributed by atoms with Crippen molar-refractivity contribution in [3.05, 3.63) is 82.1 Å². The molecule has 1 aromatic heterocycles. The van der Waals surface area contributed by atoms with E-state index < -0.39 is 17.5 Å². The number of rotatable bonds is 3. The lowest BCUT2D eigenvalue weighted by atomic mass is 9.83. The van der Waals surface area contributed by atoms with Gasteiger partial charge in [-0.2, -0.15) is 0 Å². The van der Waals surface area contributed by atoms with Crippen LogP contribution in [0.1, 0.15) is 40.3 Å². The van der Waals surface area contributed by atoms with Crippen LogP contribution in [0.3, 0.4) is 0 Å². The number of hydrogen-bond acceptors (Lipinski definition) is 4. The number of likely N-dealkylation sites (tertiary alicyclic amines) is 1. The molecule has 0 bridgehead atoms. The number of carbonyl (C=O) groups excluding carboxylic acids is 2. The number of piperidine rings is 1. The number of fused-ring (bicyclic) bond motifs is 2. The third kappa shape index (κ3) is 3.60. The van der Waals surface area contributed by atoms with Crippen LogP contribution < -0.4 is 5.32 Å². The molecule has 3 aromatic rings. The van der Waals surface area contributed by atoms with Crippen LogP contribution in [0, 0.1) is 5.82 Å². The summed E-state index contributed by atoms with van der Waals surface area (Å²) in [6.45, 7) is 0.454. The molecule has 32 heavy (non-hydrogen) atoms. The van der Waals surface area contributed by atoms with E-state index in [-0.39, 0.29) is 28.9 Å². The maximum absolute atomic E-state index is 15.0. The van der Waals surface area contributed by atoms with Crippen LogP contribution >= 0.6 is 11.6 Å². The number of hydrogen-bond donors (Lipinski definition) is 2. The molecular weight excluding hydrogens is 435 g/mol. The first kappa shape index (κ1) is 20.5. The van der Waals surface area contributed by atoms with E-state index in [4.69, 9.17) is 16.3 Å². The first-order valence-corrected chi connectivity index (χ1v) is 10.7. The molecule has 0 saturated carbocycles. The van der Waals surface area contributed by atoms with Crippen LogP contribution in [0.25, 0.3) is 0 Å². The molecule has 3 heterocycles. The zero-order chi connectivity index (χ0) is 22.3. The summed E-state index contributed by atoms with van der Waals surface area (Å²) in [5.74, 6) is -0.788. The highest BCUT2D eigenvalue weighted by Gasteiger charge is 2.48. The van der Waals surface area contributed by atoms with Crippen molar-refractivity contribution in [3.63, 3.8) is 0 Å². The number of ether oxygens (including phenoxy) is 1. The minimum Gasteiger partial charge on any atom is -0.436 e. The van der Waals surface area contributed by atoms with Crippen molar-refractivity contribution in [2.75, 3.05) is 18.4 Å². The van der Waals surface area contributed by atoms with Crippen LogP contribution in [0.15, 0.2) is 48.7 Å². The summed E-state index contributed by atoms with van der Waals surface area (Å²) in [6, 6.07) is 12.8. The molecule has 7 nitrogen and oxygen atoms in total. The van der Waals surface area contributed by atoms with Crippen LogP contribution in [-0.2, 0) is 16.8 Å². The lowest BCUT2D eigenvalue weighted by molar-refractivity contribution is -0.0420. The van der Waals surface area contributed by atoms with Gasteiger partial charge in [0.05, 0.1) is 28.5 Å². The summed E-state index contributed by atoms with van der Waals surface area (Å²) in [4.78, 5) is 34.3. The summed E-state index contributed by atoms with van der Waals surface area (Å²) in [5, 5.41) is 2.45. The van der Waals surface area contributed by atoms with Gasteiger partial charge >= 0.3 is 6.09 Å². The molecule has 1 saturated heterocycles. The van der Waals surface area contributed by atoms with Gasteiger partial charge in [0, 0.05) is 19.2 Å². The standard InChI is InChI=1S/C23H20ClFN4O3/c24-16-7-8-17-18(19(16)25)23(32-22(31)28-17)9-4-10-29(13-23)21(30)20-26-12-15(27-20)11-14-5-2-1-3-6-14/h1-3,5-8,12H,4,9-11,13H2,(H,26,27)(H,28,31)/t23-/m0/s1. The second-order valence-electron chi connectivity index (χ2n) is 8.03.